The number of carbonyl (C=O) groups excluding carboxylic acids is 3. The number of hydrogen-bond acceptors (Lipinski definition) is 9. The van der Waals surface area contributed by atoms with E-state index in [0.717, 1.165) is 57.1 Å². The quantitative estimate of drug-likeness (QED) is 0.101. The van der Waals surface area contributed by atoms with E-state index in [1.807, 2.05) is 24.3 Å². The summed E-state index contributed by atoms with van der Waals surface area (Å²) in [4.78, 5) is 47.2. The molecule has 2 saturated carbocycles. The maximum absolute atomic E-state index is 11.3. The van der Waals surface area contributed by atoms with Crippen molar-refractivity contribution in [2.24, 2.45) is 11.8 Å². The molecule has 0 unspecified atom stereocenters. The first-order valence-corrected chi connectivity index (χ1v) is 18.6. The molecular weight excluding hydrogens is 861 g/mol. The maximum Gasteiger partial charge on any atom is 0.446 e. The van der Waals surface area contributed by atoms with Crippen LogP contribution in [-0.2, 0) is 17.6 Å². The molecule has 0 spiro atoms. The Kier molecular flexibility index (Phi) is 12.2. The molecule has 2 aliphatic rings. The SMILES string of the molecule is O=CC(F)(F)F.[C-]#[N+]c1ccc(Nc2cc(CC3CC3)n3ncc(C=O)c3n2)c(Br)c1.[C-]#[N+]c1ccc(Nc2cc(CC3CC3)n3ncc(C=O)c3n2)c(Br)c1. The summed E-state index contributed by atoms with van der Waals surface area (Å²) in [6.07, 6.45) is 5.74. The van der Waals surface area contributed by atoms with Crippen LogP contribution in [0.25, 0.3) is 21.0 Å². The van der Waals surface area contributed by atoms with Crippen molar-refractivity contribution in [1.82, 2.24) is 29.2 Å². The Morgan fingerprint density at radius 2 is 1.11 bits per heavy atom. The standard InChI is InChI=1S/2C18H14BrN5O.C2HF3O/c2*1-20-13-4-5-16(15(19)7-13)22-17-8-14(6-11-2-3-11)24-18(23-17)12(10-25)9-21-24;3-2(4,5)1-6/h2*4-5,7-11H,2-3,6H2,(H,22,23);1H. The van der Waals surface area contributed by atoms with Gasteiger partial charge in [0.2, 0.25) is 6.29 Å². The third-order valence-corrected chi connectivity index (χ3v) is 9.92. The summed E-state index contributed by atoms with van der Waals surface area (Å²) in [5.41, 5.74) is 6.90. The van der Waals surface area contributed by atoms with Crippen LogP contribution in [0.5, 0.6) is 0 Å². The zero-order chi connectivity index (χ0) is 40.0. The molecule has 6 aromatic rings. The largest absolute Gasteiger partial charge is 0.446 e. The minimum Gasteiger partial charge on any atom is -0.339 e. The Balaban J connectivity index is 0.000000166. The number of aldehydes is 3. The minimum absolute atomic E-state index is 0.475. The molecule has 8 rings (SSSR count). The van der Waals surface area contributed by atoms with E-state index in [1.54, 1.807) is 45.7 Å². The molecule has 56 heavy (non-hydrogen) atoms. The van der Waals surface area contributed by atoms with E-state index in [0.29, 0.717) is 57.3 Å². The number of carbonyl (C=O) groups is 3. The van der Waals surface area contributed by atoms with Gasteiger partial charge in [0.05, 0.1) is 48.0 Å². The molecule has 13 nitrogen and oxygen atoms in total. The molecule has 18 heteroatoms. The summed E-state index contributed by atoms with van der Waals surface area (Å²) in [5.74, 6) is 2.69. The van der Waals surface area contributed by atoms with E-state index < -0.39 is 12.5 Å². The van der Waals surface area contributed by atoms with Crippen LogP contribution >= 0.6 is 31.9 Å². The number of nitrogens with zero attached hydrogens (tertiary/aromatic N) is 8. The van der Waals surface area contributed by atoms with Crippen LogP contribution in [0.2, 0.25) is 0 Å². The number of rotatable bonds is 10. The second-order valence-corrected chi connectivity index (χ2v) is 14.6. The van der Waals surface area contributed by atoms with Crippen LogP contribution < -0.4 is 10.6 Å². The Hall–Kier alpha value is -5.98. The lowest BCUT2D eigenvalue weighted by Gasteiger charge is -2.11. The van der Waals surface area contributed by atoms with Crippen LogP contribution in [0.4, 0.5) is 47.6 Å². The van der Waals surface area contributed by atoms with E-state index in [9.17, 15) is 22.8 Å². The Morgan fingerprint density at radius 1 is 0.714 bits per heavy atom. The summed E-state index contributed by atoms with van der Waals surface area (Å²) < 4.78 is 36.3. The molecule has 0 atom stereocenters. The second-order valence-electron chi connectivity index (χ2n) is 12.9. The first kappa shape index (κ1) is 39.7. The summed E-state index contributed by atoms with van der Waals surface area (Å²) in [5, 5.41) is 15.2. The number of hydrogen-bond donors (Lipinski definition) is 2. The third kappa shape index (κ3) is 10.0. The van der Waals surface area contributed by atoms with Crippen molar-refractivity contribution in [3.05, 3.63) is 115 Å². The van der Waals surface area contributed by atoms with Crippen molar-refractivity contribution in [2.45, 2.75) is 44.7 Å². The molecule has 4 heterocycles. The fraction of sp³-hybridized carbons (Fsp3) is 0.237. The lowest BCUT2D eigenvalue weighted by atomic mass is 10.2. The molecule has 0 aliphatic heterocycles. The van der Waals surface area contributed by atoms with Crippen molar-refractivity contribution >= 4 is 96.4 Å². The van der Waals surface area contributed by atoms with Crippen molar-refractivity contribution < 1.29 is 27.6 Å². The molecule has 0 radical (unpaired) electrons. The van der Waals surface area contributed by atoms with E-state index in [2.05, 4.69) is 72.3 Å². The molecule has 2 N–H and O–H groups in total. The number of anilines is 4. The minimum atomic E-state index is -4.64. The predicted octanol–water partition coefficient (Wildman–Crippen LogP) is 9.85. The van der Waals surface area contributed by atoms with Crippen molar-refractivity contribution in [3.8, 4) is 0 Å². The summed E-state index contributed by atoms with van der Waals surface area (Å²) in [7, 11) is 0. The van der Waals surface area contributed by atoms with Crippen LogP contribution in [-0.4, -0.2) is 54.2 Å². The number of aromatic nitrogens is 6. The average Bonchev–Trinajstić information content (AvgIpc) is 4.11. The summed E-state index contributed by atoms with van der Waals surface area (Å²) >= 11 is 6.95. The fourth-order valence-electron chi connectivity index (χ4n) is 5.53. The Labute approximate surface area is 334 Å². The van der Waals surface area contributed by atoms with Gasteiger partial charge < -0.3 is 10.6 Å². The molecule has 4 aromatic heterocycles. The number of alkyl halides is 3. The molecular formula is C38H29Br2F3N10O3. The molecule has 0 amide bonds. The highest BCUT2D eigenvalue weighted by Gasteiger charge is 2.26. The van der Waals surface area contributed by atoms with Crippen molar-refractivity contribution in [2.75, 3.05) is 10.6 Å². The van der Waals surface area contributed by atoms with Gasteiger partial charge in [-0.1, -0.05) is 12.1 Å². The van der Waals surface area contributed by atoms with Crippen LogP contribution in [0.3, 0.4) is 0 Å². The third-order valence-electron chi connectivity index (χ3n) is 8.61. The lowest BCUT2D eigenvalue weighted by Crippen LogP contribution is -2.07. The van der Waals surface area contributed by atoms with Gasteiger partial charge in [0.25, 0.3) is 0 Å². The zero-order valence-electron chi connectivity index (χ0n) is 29.1. The number of halogens is 5. The molecule has 2 aromatic carbocycles. The normalized spacial score (nSPS) is 13.3. The van der Waals surface area contributed by atoms with Gasteiger partial charge in [0, 0.05) is 32.5 Å². The fourth-order valence-corrected chi connectivity index (χ4v) is 6.46. The predicted molar refractivity (Wildman–Crippen MR) is 209 cm³/mol. The van der Waals surface area contributed by atoms with E-state index >= 15 is 0 Å². The monoisotopic (exact) mass is 888 g/mol. The second kappa shape index (κ2) is 17.2. The highest BCUT2D eigenvalue weighted by Crippen LogP contribution is 2.36. The highest BCUT2D eigenvalue weighted by molar-refractivity contribution is 9.11. The van der Waals surface area contributed by atoms with Crippen LogP contribution in [0.15, 0.2) is 69.9 Å². The topological polar surface area (TPSA) is 144 Å². The first-order chi connectivity index (χ1) is 26.9. The van der Waals surface area contributed by atoms with Gasteiger partial charge in [-0.3, -0.25) is 14.4 Å². The van der Waals surface area contributed by atoms with Gasteiger partial charge >= 0.3 is 6.18 Å². The first-order valence-electron chi connectivity index (χ1n) is 17.0. The van der Waals surface area contributed by atoms with E-state index in [-0.39, 0.29) is 0 Å². The van der Waals surface area contributed by atoms with Crippen molar-refractivity contribution in [3.63, 3.8) is 0 Å². The number of benzene rings is 2. The number of fused-ring (bicyclic) bond motifs is 2. The van der Waals surface area contributed by atoms with Gasteiger partial charge in [-0.2, -0.15) is 23.4 Å². The smallest absolute Gasteiger partial charge is 0.339 e. The number of nitrogens with one attached hydrogen (secondary N) is 2. The lowest BCUT2D eigenvalue weighted by molar-refractivity contribution is -0.156. The van der Waals surface area contributed by atoms with Gasteiger partial charge in [-0.15, -0.1) is 0 Å². The van der Waals surface area contributed by atoms with Gasteiger partial charge in [0.15, 0.2) is 35.2 Å². The summed E-state index contributed by atoms with van der Waals surface area (Å²) in [6.45, 7) is 14.2. The Morgan fingerprint density at radius 3 is 1.41 bits per heavy atom. The maximum atomic E-state index is 11.3. The molecule has 0 bridgehead atoms. The van der Waals surface area contributed by atoms with Gasteiger partial charge in [-0.05, 0) is 106 Å². The van der Waals surface area contributed by atoms with Gasteiger partial charge in [-0.25, -0.2) is 28.7 Å². The molecule has 284 valence electrons. The van der Waals surface area contributed by atoms with Crippen LogP contribution in [0, 0.1) is 25.0 Å². The molecule has 2 aliphatic carbocycles. The summed E-state index contributed by atoms with van der Waals surface area (Å²) in [6, 6.07) is 14.6. The molecule has 2 fully saturated rings. The Bertz CT molecular complexity index is 2370. The van der Waals surface area contributed by atoms with E-state index in [1.165, 1.54) is 25.7 Å². The van der Waals surface area contributed by atoms with Crippen LogP contribution in [0.1, 0.15) is 57.8 Å². The highest BCUT2D eigenvalue weighted by atomic mass is 79.9. The average molecular weight is 891 g/mol. The van der Waals surface area contributed by atoms with E-state index in [4.69, 9.17) is 17.9 Å². The van der Waals surface area contributed by atoms with Crippen molar-refractivity contribution in [1.29, 1.82) is 0 Å². The van der Waals surface area contributed by atoms with Gasteiger partial charge in [0.1, 0.15) is 11.6 Å². The zero-order valence-corrected chi connectivity index (χ0v) is 32.3. The molecule has 0 saturated heterocycles.